The van der Waals surface area contributed by atoms with Gasteiger partial charge in [0.05, 0.1) is 24.9 Å². The van der Waals surface area contributed by atoms with Gasteiger partial charge in [-0.2, -0.15) is 0 Å². The number of amides is 5. The number of hydrogen-bond donors (Lipinski definition) is 5. The number of rotatable bonds is 20. The Morgan fingerprint density at radius 3 is 1.94 bits per heavy atom. The normalized spacial score (nSPS) is 15.7. The number of urea groups is 1. The zero-order chi connectivity index (χ0) is 47.4. The molecule has 17 heteroatoms. The Balaban J connectivity index is 1.52. The summed E-state index contributed by atoms with van der Waals surface area (Å²) in [5.74, 6) is -0.981. The molecule has 5 atom stereocenters. The molecular formula is C48H63N6O10P. The smallest absolute Gasteiger partial charge is 0.453 e. The monoisotopic (exact) mass is 914 g/mol. The second-order valence-electron chi connectivity index (χ2n) is 18.4. The lowest BCUT2D eigenvalue weighted by molar-refractivity contribution is -0.133. The minimum atomic E-state index is -5.02. The molecule has 1 aliphatic rings. The number of phosphoric ester groups is 1. The Hall–Kier alpha value is -5.64. The van der Waals surface area contributed by atoms with Gasteiger partial charge in [-0.15, -0.1) is 0 Å². The third-order valence-electron chi connectivity index (χ3n) is 11.1. The molecule has 0 aliphatic carbocycles. The van der Waals surface area contributed by atoms with Gasteiger partial charge in [0.25, 0.3) is 0 Å². The molecule has 0 radical (unpaired) electrons. The van der Waals surface area contributed by atoms with Gasteiger partial charge < -0.3 is 45.0 Å². The number of nitrogens with one attached hydrogen (secondary N) is 3. The first-order valence-electron chi connectivity index (χ1n) is 21.6. The highest BCUT2D eigenvalue weighted by molar-refractivity contribution is 7.46. The number of nitrogens with zero attached hydrogens (tertiary/aromatic N) is 3. The summed E-state index contributed by atoms with van der Waals surface area (Å²) in [6, 6.07) is 28.3. The van der Waals surface area contributed by atoms with Crippen molar-refractivity contribution < 1.29 is 47.5 Å². The van der Waals surface area contributed by atoms with Crippen LogP contribution in [0, 0.1) is 10.8 Å². The molecule has 1 aromatic heterocycles. The van der Waals surface area contributed by atoms with Crippen molar-refractivity contribution in [3.05, 3.63) is 126 Å². The van der Waals surface area contributed by atoms with E-state index in [0.717, 1.165) is 27.9 Å². The van der Waals surface area contributed by atoms with Crippen molar-refractivity contribution in [3.8, 4) is 11.3 Å². The van der Waals surface area contributed by atoms with Crippen LogP contribution in [-0.2, 0) is 47.5 Å². The van der Waals surface area contributed by atoms with Crippen LogP contribution in [-0.4, -0.2) is 106 Å². The molecule has 4 aromatic rings. The summed E-state index contributed by atoms with van der Waals surface area (Å²) >= 11 is 0. The molecule has 0 spiro atoms. The maximum absolute atomic E-state index is 14.9. The van der Waals surface area contributed by atoms with Crippen LogP contribution < -0.4 is 16.0 Å². The van der Waals surface area contributed by atoms with Crippen LogP contribution in [0.5, 0.6) is 0 Å². The third-order valence-corrected chi connectivity index (χ3v) is 11.6. The summed E-state index contributed by atoms with van der Waals surface area (Å²) in [5.41, 5.74) is 2.72. The number of carbonyl (C=O) groups excluding carboxylic acids is 4. The summed E-state index contributed by atoms with van der Waals surface area (Å²) < 4.78 is 27.9. The highest BCUT2D eigenvalue weighted by Gasteiger charge is 2.45. The first-order chi connectivity index (χ1) is 30.7. The number of methoxy groups -OCH3 is 1. The first-order valence-corrected chi connectivity index (χ1v) is 23.2. The average Bonchev–Trinajstić information content (AvgIpc) is 3.59. The number of aromatic nitrogens is 1. The van der Waals surface area contributed by atoms with Crippen molar-refractivity contribution in [2.45, 2.75) is 97.6 Å². The van der Waals surface area contributed by atoms with Crippen molar-refractivity contribution in [2.24, 2.45) is 10.8 Å². The van der Waals surface area contributed by atoms with Crippen LogP contribution >= 0.6 is 7.82 Å². The topological polar surface area (TPSA) is 209 Å². The number of ether oxygens (including phenoxy) is 2. The zero-order valence-electron chi connectivity index (χ0n) is 38.2. The van der Waals surface area contributed by atoms with Crippen LogP contribution in [0.3, 0.4) is 0 Å². The first kappa shape index (κ1) is 50.4. The van der Waals surface area contributed by atoms with Crippen LogP contribution in [0.15, 0.2) is 109 Å². The van der Waals surface area contributed by atoms with Crippen LogP contribution in [0.25, 0.3) is 11.3 Å². The summed E-state index contributed by atoms with van der Waals surface area (Å²) in [4.78, 5) is 82.9. The van der Waals surface area contributed by atoms with Gasteiger partial charge in [0, 0.05) is 37.4 Å². The lowest BCUT2D eigenvalue weighted by Crippen LogP contribution is -2.59. The second-order valence-corrected chi connectivity index (χ2v) is 19.6. The fourth-order valence-electron chi connectivity index (χ4n) is 7.97. The van der Waals surface area contributed by atoms with Gasteiger partial charge in [-0.25, -0.2) is 14.2 Å². The molecule has 5 amide bonds. The van der Waals surface area contributed by atoms with E-state index in [1.54, 1.807) is 36.8 Å². The highest BCUT2D eigenvalue weighted by atomic mass is 31.2. The van der Waals surface area contributed by atoms with Crippen molar-refractivity contribution >= 4 is 31.8 Å². The number of alkyl carbamates (subject to hydrolysis) is 1. The quantitative estimate of drug-likeness (QED) is 0.0480. The van der Waals surface area contributed by atoms with Crippen molar-refractivity contribution in [1.82, 2.24) is 30.7 Å². The minimum absolute atomic E-state index is 0.0151. The van der Waals surface area contributed by atoms with Gasteiger partial charge in [-0.3, -0.25) is 19.1 Å². The van der Waals surface area contributed by atoms with Crippen LogP contribution in [0.4, 0.5) is 9.59 Å². The van der Waals surface area contributed by atoms with E-state index in [0.29, 0.717) is 19.6 Å². The van der Waals surface area contributed by atoms with Gasteiger partial charge in [0.1, 0.15) is 12.1 Å². The van der Waals surface area contributed by atoms with E-state index in [-0.39, 0.29) is 25.3 Å². The van der Waals surface area contributed by atoms with E-state index < -0.39 is 73.6 Å². The molecule has 1 fully saturated rings. The molecule has 1 aliphatic heterocycles. The van der Waals surface area contributed by atoms with Gasteiger partial charge in [0.2, 0.25) is 11.8 Å². The predicted molar refractivity (Wildman–Crippen MR) is 246 cm³/mol. The number of phosphoric acid groups is 1. The zero-order valence-corrected chi connectivity index (χ0v) is 39.1. The maximum Gasteiger partial charge on any atom is 0.471 e. The summed E-state index contributed by atoms with van der Waals surface area (Å²) in [6.07, 6.45) is 0.256. The van der Waals surface area contributed by atoms with E-state index >= 15 is 0 Å². The Morgan fingerprint density at radius 2 is 1.37 bits per heavy atom. The molecule has 3 aromatic carbocycles. The van der Waals surface area contributed by atoms with Crippen molar-refractivity contribution in [1.29, 1.82) is 0 Å². The fourth-order valence-corrected chi connectivity index (χ4v) is 8.17. The number of carbonyl (C=O) groups is 4. The molecule has 0 unspecified atom stereocenters. The fraction of sp³-hybridized carbons (Fsp3) is 0.438. The Labute approximate surface area is 381 Å². The van der Waals surface area contributed by atoms with Crippen LogP contribution in [0.2, 0.25) is 0 Å². The van der Waals surface area contributed by atoms with E-state index in [2.05, 4.69) is 20.9 Å². The second kappa shape index (κ2) is 22.5. The Bertz CT molecular complexity index is 2220. The molecule has 5 N–H and O–H groups in total. The molecule has 16 nitrogen and oxygen atoms in total. The van der Waals surface area contributed by atoms with E-state index in [1.165, 1.54) is 7.11 Å². The number of pyridine rings is 1. The van der Waals surface area contributed by atoms with Crippen molar-refractivity contribution in [3.63, 3.8) is 0 Å². The van der Waals surface area contributed by atoms with Crippen LogP contribution in [0.1, 0.15) is 64.7 Å². The standard InChI is InChI=1S/C48H63N6O10P/c1-47(2,3)41(52-45(57)62-7)43(55)50-37(28-34-21-23-36(24-22-34)38-20-14-15-25-49-38)30-40(63-32-64-65(59,60)61)39(29-33-16-10-8-11-17-33)51-44(56)42(48(4,5)6)54-27-26-53(46(54)58)31-35-18-12-9-13-19-35/h8-25,37,39-42H,26-32H2,1-7H3,(H,50,55)(H,51,56)(H,52,57)(H2,59,60,61)/t37-,39-,40-,41+,42+/m0/s1. The lowest BCUT2D eigenvalue weighted by Gasteiger charge is -2.39. The van der Waals surface area contributed by atoms with Gasteiger partial charge in [0.15, 0.2) is 6.79 Å². The van der Waals surface area contributed by atoms with Gasteiger partial charge in [-0.05, 0) is 58.9 Å². The van der Waals surface area contributed by atoms with Gasteiger partial charge >= 0.3 is 19.9 Å². The highest BCUT2D eigenvalue weighted by Crippen LogP contribution is 2.36. The predicted octanol–water partition coefficient (Wildman–Crippen LogP) is 6.47. The van der Waals surface area contributed by atoms with E-state index in [1.807, 2.05) is 124 Å². The molecular weight excluding hydrogens is 852 g/mol. The Kier molecular flexibility index (Phi) is 17.4. The largest absolute Gasteiger partial charge is 0.471 e. The summed E-state index contributed by atoms with van der Waals surface area (Å²) in [7, 11) is -3.81. The summed E-state index contributed by atoms with van der Waals surface area (Å²) in [6.45, 7) is 11.3. The average molecular weight is 915 g/mol. The SMILES string of the molecule is COC(=O)N[C@H](C(=O)N[C@@H](Cc1ccc(-c2ccccn2)cc1)C[C@H](OCOP(=O)(O)O)[C@H](Cc1ccccc1)NC(=O)[C@@H](N1CCN(Cc2ccccc2)C1=O)C(C)(C)C)C(C)(C)C. The van der Waals surface area contributed by atoms with Gasteiger partial charge in [-0.1, -0.05) is 133 Å². The molecule has 0 bridgehead atoms. The Morgan fingerprint density at radius 1 is 0.754 bits per heavy atom. The minimum Gasteiger partial charge on any atom is -0.453 e. The number of benzene rings is 3. The molecule has 1 saturated heterocycles. The lowest BCUT2D eigenvalue weighted by atomic mass is 9.84. The molecule has 5 rings (SSSR count). The summed E-state index contributed by atoms with van der Waals surface area (Å²) in [5, 5.41) is 8.95. The molecule has 350 valence electrons. The van der Waals surface area contributed by atoms with Crippen molar-refractivity contribution in [2.75, 3.05) is 27.0 Å². The number of hydrogen-bond acceptors (Lipinski definition) is 9. The molecule has 0 saturated carbocycles. The molecule has 2 heterocycles. The van der Waals surface area contributed by atoms with E-state index in [4.69, 9.17) is 14.0 Å². The molecule has 65 heavy (non-hydrogen) atoms. The third kappa shape index (κ3) is 15.2. The maximum atomic E-state index is 14.9. The van der Waals surface area contributed by atoms with E-state index in [9.17, 15) is 33.5 Å².